The number of unbranched alkanes of at least 4 members (excludes halogenated alkanes) is 10. The van der Waals surface area contributed by atoms with Gasteiger partial charge >= 0.3 is 5.97 Å². The Balaban J connectivity index is 3.02. The van der Waals surface area contributed by atoms with E-state index in [0.29, 0.717) is 11.3 Å². The number of ether oxygens (including phenoxy) is 1. The first-order valence-electron chi connectivity index (χ1n) is 15.1. The molecule has 1 rings (SSSR count). The summed E-state index contributed by atoms with van der Waals surface area (Å²) in [5, 5.41) is 11.1. The zero-order valence-corrected chi connectivity index (χ0v) is 27.8. The van der Waals surface area contributed by atoms with Crippen LogP contribution in [-0.2, 0) is 15.6 Å². The number of phenols is 1. The first kappa shape index (κ1) is 35.2. The van der Waals surface area contributed by atoms with Gasteiger partial charge in [-0.05, 0) is 54.2 Å². The molecule has 0 aliphatic rings. The third-order valence-corrected chi connectivity index (χ3v) is 9.87. The van der Waals surface area contributed by atoms with E-state index in [2.05, 4.69) is 62.3 Å². The smallest absolute Gasteiger partial charge is 0.340 e. The maximum absolute atomic E-state index is 13.6. The molecule has 0 bridgehead atoms. The highest BCUT2D eigenvalue weighted by atomic mass is 32.2. The van der Waals surface area contributed by atoms with Crippen LogP contribution >= 0.6 is 23.5 Å². The fourth-order valence-electron chi connectivity index (χ4n) is 4.50. The van der Waals surface area contributed by atoms with Gasteiger partial charge in [-0.3, -0.25) is 0 Å². The highest BCUT2D eigenvalue weighted by Gasteiger charge is 2.33. The molecule has 0 atom stereocenters. The topological polar surface area (TPSA) is 46.5 Å². The van der Waals surface area contributed by atoms with Crippen molar-refractivity contribution in [3.8, 4) is 5.75 Å². The van der Waals surface area contributed by atoms with Crippen LogP contribution in [-0.4, -0.2) is 26.8 Å². The van der Waals surface area contributed by atoms with Crippen molar-refractivity contribution < 1.29 is 14.6 Å². The van der Waals surface area contributed by atoms with Crippen molar-refractivity contribution in [1.29, 1.82) is 0 Å². The minimum Gasteiger partial charge on any atom is -0.507 e. The van der Waals surface area contributed by atoms with Crippen LogP contribution in [0, 0.1) is 0 Å². The van der Waals surface area contributed by atoms with Crippen molar-refractivity contribution >= 4 is 29.5 Å². The highest BCUT2D eigenvalue weighted by molar-refractivity contribution is 8.17. The van der Waals surface area contributed by atoms with E-state index in [1.807, 2.05) is 12.1 Å². The molecule has 0 saturated carbocycles. The highest BCUT2D eigenvalue weighted by Crippen LogP contribution is 2.43. The molecule has 0 radical (unpaired) electrons. The van der Waals surface area contributed by atoms with E-state index in [0.717, 1.165) is 35.5 Å². The van der Waals surface area contributed by atoms with Crippen molar-refractivity contribution in [2.75, 3.05) is 11.5 Å². The number of esters is 1. The fraction of sp³-hybridized carbons (Fsp3) is 0.788. The summed E-state index contributed by atoms with van der Waals surface area (Å²) in [6.45, 7) is 19.0. The second-order valence-electron chi connectivity index (χ2n) is 12.9. The molecule has 0 unspecified atom stereocenters. The summed E-state index contributed by atoms with van der Waals surface area (Å²) in [6.07, 6.45) is 15.1. The predicted octanol–water partition coefficient (Wildman–Crippen LogP) is 11.0. The molecule has 0 fully saturated rings. The first-order chi connectivity index (χ1) is 17.7. The summed E-state index contributed by atoms with van der Waals surface area (Å²) in [7, 11) is 0. The lowest BCUT2D eigenvalue weighted by Gasteiger charge is -2.30. The zero-order valence-electron chi connectivity index (χ0n) is 26.1. The van der Waals surface area contributed by atoms with Crippen LogP contribution in [0.2, 0.25) is 0 Å². The number of thioether (sulfide) groups is 2. The molecule has 1 N–H and O–H groups in total. The quantitative estimate of drug-likeness (QED) is 0.109. The SMILES string of the molecule is CCCCCCCCSC(C)(OC(=O)c1cc(C(C)(C)C)c(O)c(C(C)(C)C)c1)SCCCCCCCC. The number of carbonyl (C=O) groups excluding carboxylic acids is 1. The molecular formula is C33H58O3S2. The van der Waals surface area contributed by atoms with E-state index in [9.17, 15) is 9.90 Å². The Labute approximate surface area is 244 Å². The van der Waals surface area contributed by atoms with Gasteiger partial charge in [0.1, 0.15) is 5.75 Å². The van der Waals surface area contributed by atoms with Gasteiger partial charge in [0, 0.05) is 11.1 Å². The number of carbonyl (C=O) groups is 1. The Kier molecular flexibility index (Phi) is 15.8. The van der Waals surface area contributed by atoms with E-state index in [4.69, 9.17) is 4.74 Å². The van der Waals surface area contributed by atoms with E-state index < -0.39 is 4.27 Å². The van der Waals surface area contributed by atoms with Gasteiger partial charge in [0.25, 0.3) is 0 Å². The minimum atomic E-state index is -0.619. The second-order valence-corrected chi connectivity index (χ2v) is 16.1. The zero-order chi connectivity index (χ0) is 28.8. The van der Waals surface area contributed by atoms with Crippen molar-refractivity contribution in [2.45, 2.75) is 154 Å². The standard InChI is InChI=1S/C33H58O3S2/c1-10-12-14-16-18-20-22-37-33(9,38-23-21-19-17-15-13-11-2)36-30(35)26-24-27(31(3,4)5)29(34)28(25-26)32(6,7)8/h24-25,34H,10-23H2,1-9H3. The first-order valence-corrected chi connectivity index (χ1v) is 17.1. The molecule has 0 saturated heterocycles. The summed E-state index contributed by atoms with van der Waals surface area (Å²) in [5.41, 5.74) is 1.53. The van der Waals surface area contributed by atoms with Gasteiger partial charge in [0.2, 0.25) is 4.27 Å². The number of hydrogen-bond donors (Lipinski definition) is 1. The van der Waals surface area contributed by atoms with Gasteiger partial charge < -0.3 is 9.84 Å². The van der Waals surface area contributed by atoms with Crippen molar-refractivity contribution in [1.82, 2.24) is 0 Å². The molecule has 0 heterocycles. The van der Waals surface area contributed by atoms with E-state index in [1.165, 1.54) is 64.2 Å². The monoisotopic (exact) mass is 566 g/mol. The lowest BCUT2D eigenvalue weighted by atomic mass is 9.78. The van der Waals surface area contributed by atoms with E-state index in [1.54, 1.807) is 23.5 Å². The van der Waals surface area contributed by atoms with Crippen LogP contribution < -0.4 is 0 Å². The van der Waals surface area contributed by atoms with Gasteiger partial charge in [-0.25, -0.2) is 4.79 Å². The molecule has 1 aromatic rings. The minimum absolute atomic E-state index is 0.289. The Morgan fingerprint density at radius 2 is 1.05 bits per heavy atom. The van der Waals surface area contributed by atoms with E-state index >= 15 is 0 Å². The number of hydrogen-bond acceptors (Lipinski definition) is 5. The summed E-state index contributed by atoms with van der Waals surface area (Å²) in [6, 6.07) is 3.67. The average molecular weight is 567 g/mol. The summed E-state index contributed by atoms with van der Waals surface area (Å²) in [4.78, 5) is 13.6. The summed E-state index contributed by atoms with van der Waals surface area (Å²) in [5.74, 6) is 1.99. The van der Waals surface area contributed by atoms with Crippen LogP contribution in [0.5, 0.6) is 5.75 Å². The van der Waals surface area contributed by atoms with Gasteiger partial charge in [-0.2, -0.15) is 0 Å². The molecule has 220 valence electrons. The lowest BCUT2D eigenvalue weighted by molar-refractivity contribution is 0.0432. The van der Waals surface area contributed by atoms with Crippen LogP contribution in [0.1, 0.15) is 161 Å². The molecule has 0 aliphatic carbocycles. The van der Waals surface area contributed by atoms with Crippen LogP contribution in [0.4, 0.5) is 0 Å². The second kappa shape index (κ2) is 17.1. The maximum atomic E-state index is 13.6. The molecule has 0 amide bonds. The molecular weight excluding hydrogens is 508 g/mol. The van der Waals surface area contributed by atoms with Crippen LogP contribution in [0.15, 0.2) is 12.1 Å². The van der Waals surface area contributed by atoms with Crippen LogP contribution in [0.3, 0.4) is 0 Å². The summed E-state index contributed by atoms with van der Waals surface area (Å²) >= 11 is 3.55. The maximum Gasteiger partial charge on any atom is 0.340 e. The number of benzene rings is 1. The van der Waals surface area contributed by atoms with Gasteiger partial charge in [-0.15, -0.1) is 23.5 Å². The number of aromatic hydroxyl groups is 1. The van der Waals surface area contributed by atoms with Crippen molar-refractivity contribution in [2.24, 2.45) is 0 Å². The Hall–Kier alpha value is -0.810. The van der Waals surface area contributed by atoms with Crippen molar-refractivity contribution in [3.63, 3.8) is 0 Å². The van der Waals surface area contributed by atoms with E-state index in [-0.39, 0.29) is 16.8 Å². The molecule has 0 spiro atoms. The van der Waals surface area contributed by atoms with Crippen molar-refractivity contribution in [3.05, 3.63) is 28.8 Å². The normalized spacial score (nSPS) is 12.7. The molecule has 1 aromatic carbocycles. The largest absolute Gasteiger partial charge is 0.507 e. The third kappa shape index (κ3) is 13.0. The molecule has 3 nitrogen and oxygen atoms in total. The fourth-order valence-corrected chi connectivity index (χ4v) is 7.04. The summed E-state index contributed by atoms with van der Waals surface area (Å²) < 4.78 is 5.68. The molecule has 38 heavy (non-hydrogen) atoms. The Morgan fingerprint density at radius 3 is 1.42 bits per heavy atom. The predicted molar refractivity (Wildman–Crippen MR) is 171 cm³/mol. The molecule has 0 aliphatic heterocycles. The van der Waals surface area contributed by atoms with Crippen LogP contribution in [0.25, 0.3) is 0 Å². The van der Waals surface area contributed by atoms with Gasteiger partial charge in [0.15, 0.2) is 0 Å². The average Bonchev–Trinajstić information content (AvgIpc) is 2.81. The molecule has 0 aromatic heterocycles. The number of phenolic OH excluding ortho intramolecular Hbond substituents is 1. The Morgan fingerprint density at radius 1 is 0.684 bits per heavy atom. The van der Waals surface area contributed by atoms with Gasteiger partial charge in [0.05, 0.1) is 5.56 Å². The number of rotatable bonds is 18. The van der Waals surface area contributed by atoms with Gasteiger partial charge in [-0.1, -0.05) is 120 Å². The lowest BCUT2D eigenvalue weighted by Crippen LogP contribution is -2.27. The third-order valence-electron chi connectivity index (χ3n) is 6.96. The Bertz CT molecular complexity index is 768. The molecule has 5 heteroatoms.